The minimum atomic E-state index is -0.329. The molecule has 0 aromatic heterocycles. The van der Waals surface area contributed by atoms with Crippen LogP contribution < -0.4 is 5.73 Å². The maximum absolute atomic E-state index is 14.0. The van der Waals surface area contributed by atoms with Gasteiger partial charge in [-0.05, 0) is 24.6 Å². The molecule has 2 nitrogen and oxygen atoms in total. The number of nitrogens with zero attached hydrogens (tertiary/aromatic N) is 1. The average Bonchev–Trinajstić information content (AvgIpc) is 2.50. The molecule has 112 valence electrons. The van der Waals surface area contributed by atoms with Crippen LogP contribution in [0, 0.1) is 5.82 Å². The predicted molar refractivity (Wildman–Crippen MR) is 85.6 cm³/mol. The summed E-state index contributed by atoms with van der Waals surface area (Å²) in [4.78, 5) is 2.19. The molecule has 0 heterocycles. The Morgan fingerprint density at radius 1 is 1.00 bits per heavy atom. The highest BCUT2D eigenvalue weighted by atomic mass is 35.5. The molecule has 0 atom stereocenters. The van der Waals surface area contributed by atoms with Crippen molar-refractivity contribution in [1.82, 2.24) is 4.90 Å². The fraction of sp³-hybridized carbons (Fsp3) is 0.294. The second kappa shape index (κ2) is 8.13. The molecule has 2 rings (SSSR count). The normalized spacial score (nSPS) is 11.0. The first-order valence-corrected chi connectivity index (χ1v) is 7.47. The lowest BCUT2D eigenvalue weighted by molar-refractivity contribution is 0.251. The lowest BCUT2D eigenvalue weighted by Gasteiger charge is -2.22. The van der Waals surface area contributed by atoms with Gasteiger partial charge in [0.05, 0.1) is 5.02 Å². The van der Waals surface area contributed by atoms with Gasteiger partial charge in [-0.3, -0.25) is 4.90 Å². The van der Waals surface area contributed by atoms with Crippen molar-refractivity contribution < 1.29 is 4.39 Å². The summed E-state index contributed by atoms with van der Waals surface area (Å²) in [6, 6.07) is 15.3. The van der Waals surface area contributed by atoms with Crippen LogP contribution in [0.3, 0.4) is 0 Å². The highest BCUT2D eigenvalue weighted by Gasteiger charge is 2.11. The molecule has 2 aromatic rings. The molecule has 4 heteroatoms. The van der Waals surface area contributed by atoms with Crippen LogP contribution in [0.25, 0.3) is 0 Å². The van der Waals surface area contributed by atoms with E-state index in [9.17, 15) is 4.39 Å². The largest absolute Gasteiger partial charge is 0.330 e. The van der Waals surface area contributed by atoms with Crippen molar-refractivity contribution >= 4 is 11.6 Å². The summed E-state index contributed by atoms with van der Waals surface area (Å²) >= 11 is 5.85. The van der Waals surface area contributed by atoms with Crippen LogP contribution in [-0.4, -0.2) is 18.0 Å². The van der Waals surface area contributed by atoms with E-state index in [0.29, 0.717) is 18.7 Å². The van der Waals surface area contributed by atoms with Gasteiger partial charge in [-0.25, -0.2) is 4.39 Å². The molecular formula is C17H20ClFN2. The van der Waals surface area contributed by atoms with E-state index in [4.69, 9.17) is 17.3 Å². The molecule has 2 N–H and O–H groups in total. The fourth-order valence-corrected chi connectivity index (χ4v) is 2.48. The Morgan fingerprint density at radius 2 is 1.76 bits per heavy atom. The van der Waals surface area contributed by atoms with E-state index in [1.807, 2.05) is 18.2 Å². The first-order valence-electron chi connectivity index (χ1n) is 7.10. The van der Waals surface area contributed by atoms with Crippen molar-refractivity contribution in [2.75, 3.05) is 13.1 Å². The Bertz CT molecular complexity index is 560. The molecule has 2 aromatic carbocycles. The second-order valence-corrected chi connectivity index (χ2v) is 5.46. The topological polar surface area (TPSA) is 29.3 Å². The molecule has 0 amide bonds. The molecule has 0 bridgehead atoms. The first kappa shape index (κ1) is 16.0. The van der Waals surface area contributed by atoms with Gasteiger partial charge in [0.15, 0.2) is 0 Å². The van der Waals surface area contributed by atoms with Gasteiger partial charge in [0.1, 0.15) is 5.82 Å². The minimum absolute atomic E-state index is 0.172. The average molecular weight is 307 g/mol. The van der Waals surface area contributed by atoms with E-state index in [0.717, 1.165) is 19.5 Å². The van der Waals surface area contributed by atoms with E-state index in [2.05, 4.69) is 17.0 Å². The van der Waals surface area contributed by atoms with Crippen molar-refractivity contribution in [3.05, 3.63) is 70.5 Å². The maximum atomic E-state index is 14.0. The van der Waals surface area contributed by atoms with Crippen molar-refractivity contribution in [2.45, 2.75) is 19.5 Å². The molecule has 0 aliphatic carbocycles. The molecule has 0 saturated heterocycles. The molecule has 0 spiro atoms. The van der Waals surface area contributed by atoms with Crippen LogP contribution in [-0.2, 0) is 13.1 Å². The van der Waals surface area contributed by atoms with Gasteiger partial charge in [0.25, 0.3) is 0 Å². The third-order valence-electron chi connectivity index (χ3n) is 3.35. The Morgan fingerprint density at radius 3 is 2.48 bits per heavy atom. The number of benzene rings is 2. The van der Waals surface area contributed by atoms with Crippen molar-refractivity contribution in [2.24, 2.45) is 5.73 Å². The molecule has 0 radical (unpaired) electrons. The van der Waals surface area contributed by atoms with Gasteiger partial charge in [-0.15, -0.1) is 0 Å². The Labute approximate surface area is 130 Å². The smallest absolute Gasteiger partial charge is 0.146 e. The number of hydrogen-bond acceptors (Lipinski definition) is 2. The summed E-state index contributed by atoms with van der Waals surface area (Å²) in [5.41, 5.74) is 7.42. The zero-order valence-electron chi connectivity index (χ0n) is 11.9. The lowest BCUT2D eigenvalue weighted by Crippen LogP contribution is -2.26. The highest BCUT2D eigenvalue weighted by Crippen LogP contribution is 2.20. The zero-order valence-corrected chi connectivity index (χ0v) is 12.7. The highest BCUT2D eigenvalue weighted by molar-refractivity contribution is 6.30. The number of hydrogen-bond donors (Lipinski definition) is 1. The number of halogens is 2. The third kappa shape index (κ3) is 4.81. The monoisotopic (exact) mass is 306 g/mol. The van der Waals surface area contributed by atoms with E-state index in [1.165, 1.54) is 5.56 Å². The van der Waals surface area contributed by atoms with Crippen LogP contribution in [0.1, 0.15) is 17.5 Å². The second-order valence-electron chi connectivity index (χ2n) is 5.05. The summed E-state index contributed by atoms with van der Waals surface area (Å²) in [6.45, 7) is 2.76. The van der Waals surface area contributed by atoms with Crippen LogP contribution in [0.2, 0.25) is 5.02 Å². The van der Waals surface area contributed by atoms with Gasteiger partial charge in [-0.2, -0.15) is 0 Å². The molecule has 0 saturated carbocycles. The SMILES string of the molecule is NCCCN(Cc1ccccc1)Cc1cccc(Cl)c1F. The quantitative estimate of drug-likeness (QED) is 0.842. The van der Waals surface area contributed by atoms with Crippen molar-refractivity contribution in [3.8, 4) is 0 Å². The van der Waals surface area contributed by atoms with Gasteiger partial charge in [0, 0.05) is 25.2 Å². The summed E-state index contributed by atoms with van der Waals surface area (Å²) < 4.78 is 14.0. The number of rotatable bonds is 7. The van der Waals surface area contributed by atoms with Crippen LogP contribution >= 0.6 is 11.6 Å². The molecule has 0 fully saturated rings. The third-order valence-corrected chi connectivity index (χ3v) is 3.64. The van der Waals surface area contributed by atoms with Crippen LogP contribution in [0.4, 0.5) is 4.39 Å². The summed E-state index contributed by atoms with van der Waals surface area (Å²) in [5.74, 6) is -0.329. The van der Waals surface area contributed by atoms with Gasteiger partial charge in [-0.1, -0.05) is 54.1 Å². The number of nitrogens with two attached hydrogens (primary N) is 1. The molecule has 0 aliphatic rings. The van der Waals surface area contributed by atoms with Crippen molar-refractivity contribution in [1.29, 1.82) is 0 Å². The summed E-state index contributed by atoms with van der Waals surface area (Å²) in [7, 11) is 0. The minimum Gasteiger partial charge on any atom is -0.330 e. The fourth-order valence-electron chi connectivity index (χ4n) is 2.28. The molecular weight excluding hydrogens is 287 g/mol. The first-order chi connectivity index (χ1) is 10.2. The van der Waals surface area contributed by atoms with Crippen LogP contribution in [0.15, 0.2) is 48.5 Å². The summed E-state index contributed by atoms with van der Waals surface area (Å²) in [5, 5.41) is 0.172. The standard InChI is InChI=1S/C17H20ClFN2/c18-16-9-4-8-15(17(16)19)13-21(11-5-10-20)12-14-6-2-1-3-7-14/h1-4,6-9H,5,10-13,20H2. The molecule has 0 aliphatic heterocycles. The van der Waals surface area contributed by atoms with E-state index in [1.54, 1.807) is 18.2 Å². The van der Waals surface area contributed by atoms with Gasteiger partial charge < -0.3 is 5.73 Å². The van der Waals surface area contributed by atoms with Crippen molar-refractivity contribution in [3.63, 3.8) is 0 Å². The zero-order chi connectivity index (χ0) is 15.1. The molecule has 21 heavy (non-hydrogen) atoms. The Hall–Kier alpha value is -1.42. The van der Waals surface area contributed by atoms with Gasteiger partial charge >= 0.3 is 0 Å². The maximum Gasteiger partial charge on any atom is 0.146 e. The van der Waals surface area contributed by atoms with Gasteiger partial charge in [0.2, 0.25) is 0 Å². The van der Waals surface area contributed by atoms with E-state index < -0.39 is 0 Å². The predicted octanol–water partition coefficient (Wildman–Crippen LogP) is 3.83. The van der Waals surface area contributed by atoms with Crippen LogP contribution in [0.5, 0.6) is 0 Å². The molecule has 0 unspecified atom stereocenters. The van der Waals surface area contributed by atoms with E-state index in [-0.39, 0.29) is 10.8 Å². The lowest BCUT2D eigenvalue weighted by atomic mass is 10.1. The Balaban J connectivity index is 2.10. The van der Waals surface area contributed by atoms with E-state index >= 15 is 0 Å². The summed E-state index contributed by atoms with van der Waals surface area (Å²) in [6.07, 6.45) is 0.884. The Kier molecular flexibility index (Phi) is 6.18.